The van der Waals surface area contributed by atoms with E-state index in [0.717, 1.165) is 31.5 Å². The number of aromatic nitrogens is 1. The Labute approximate surface area is 125 Å². The van der Waals surface area contributed by atoms with Crippen LogP contribution in [0, 0.1) is 0 Å². The Kier molecular flexibility index (Phi) is 5.95. The fourth-order valence-corrected chi connectivity index (χ4v) is 3.33. The summed E-state index contributed by atoms with van der Waals surface area (Å²) in [7, 11) is 0. The zero-order valence-electron chi connectivity index (χ0n) is 12.6. The number of rotatable bonds is 8. The monoisotopic (exact) mass is 292 g/mol. The molecule has 1 N–H and O–H groups in total. The van der Waals surface area contributed by atoms with E-state index in [1.807, 2.05) is 13.0 Å². The van der Waals surface area contributed by atoms with Gasteiger partial charge in [-0.2, -0.15) is 0 Å². The van der Waals surface area contributed by atoms with Crippen LogP contribution >= 0.6 is 11.3 Å². The first-order valence-corrected chi connectivity index (χ1v) is 8.25. The molecule has 0 saturated heterocycles. The molecule has 4 heteroatoms. The molecule has 1 aromatic heterocycles. The summed E-state index contributed by atoms with van der Waals surface area (Å²) < 4.78 is 7.03. The number of para-hydroxylation sites is 1. The van der Waals surface area contributed by atoms with Gasteiger partial charge in [-0.1, -0.05) is 19.1 Å². The predicted molar refractivity (Wildman–Crippen MR) is 86.5 cm³/mol. The Bertz CT molecular complexity index is 493. The van der Waals surface area contributed by atoms with Crippen molar-refractivity contribution in [2.45, 2.75) is 45.8 Å². The third-order valence-corrected chi connectivity index (χ3v) is 4.44. The Balaban J connectivity index is 2.08. The zero-order valence-corrected chi connectivity index (χ0v) is 13.4. The van der Waals surface area contributed by atoms with Gasteiger partial charge in [-0.3, -0.25) is 0 Å². The quantitative estimate of drug-likeness (QED) is 0.806. The molecule has 0 aliphatic rings. The average Bonchev–Trinajstić information content (AvgIpc) is 2.86. The molecule has 1 aromatic carbocycles. The van der Waals surface area contributed by atoms with E-state index in [9.17, 15) is 0 Å². The molecule has 1 heterocycles. The summed E-state index contributed by atoms with van der Waals surface area (Å²) in [6, 6.07) is 8.66. The summed E-state index contributed by atoms with van der Waals surface area (Å²) >= 11 is 1.79. The lowest BCUT2D eigenvalue weighted by molar-refractivity contribution is 0.0476. The molecule has 0 aliphatic heterocycles. The number of nitrogens with one attached hydrogen (secondary N) is 1. The minimum atomic E-state index is 0.207. The van der Waals surface area contributed by atoms with Crippen LogP contribution in [0.25, 0.3) is 10.2 Å². The Morgan fingerprint density at radius 1 is 1.30 bits per heavy atom. The molecule has 20 heavy (non-hydrogen) atoms. The van der Waals surface area contributed by atoms with Crippen LogP contribution in [0.5, 0.6) is 0 Å². The second-order valence-corrected chi connectivity index (χ2v) is 6.12. The van der Waals surface area contributed by atoms with Crippen molar-refractivity contribution in [2.75, 3.05) is 13.2 Å². The molecule has 0 amide bonds. The lowest BCUT2D eigenvalue weighted by Crippen LogP contribution is -2.41. The Hall–Kier alpha value is -0.970. The molecule has 2 unspecified atom stereocenters. The largest absolute Gasteiger partial charge is 0.377 e. The first-order chi connectivity index (χ1) is 9.74. The standard InChI is InChI=1S/C16H24N2OS/c1-4-10-17-14(12(3)19-5-2)11-16-18-13-8-6-7-9-15(13)20-16/h6-9,12,14,17H,4-5,10-11H2,1-3H3. The van der Waals surface area contributed by atoms with Crippen molar-refractivity contribution in [1.82, 2.24) is 10.3 Å². The Morgan fingerprint density at radius 2 is 2.10 bits per heavy atom. The first kappa shape index (κ1) is 15.4. The molecular formula is C16H24N2OS. The number of hydrogen-bond acceptors (Lipinski definition) is 4. The van der Waals surface area contributed by atoms with Gasteiger partial charge in [-0.05, 0) is 38.9 Å². The minimum absolute atomic E-state index is 0.207. The van der Waals surface area contributed by atoms with E-state index in [-0.39, 0.29) is 6.10 Å². The van der Waals surface area contributed by atoms with Crippen molar-refractivity contribution in [3.63, 3.8) is 0 Å². The smallest absolute Gasteiger partial charge is 0.0955 e. The molecule has 2 aromatic rings. The fourth-order valence-electron chi connectivity index (χ4n) is 2.31. The van der Waals surface area contributed by atoms with Crippen molar-refractivity contribution in [2.24, 2.45) is 0 Å². The fraction of sp³-hybridized carbons (Fsp3) is 0.562. The van der Waals surface area contributed by atoms with Crippen LogP contribution < -0.4 is 5.32 Å². The van der Waals surface area contributed by atoms with Crippen LogP contribution in [0.3, 0.4) is 0 Å². The van der Waals surface area contributed by atoms with E-state index in [4.69, 9.17) is 9.72 Å². The van der Waals surface area contributed by atoms with E-state index < -0.39 is 0 Å². The molecular weight excluding hydrogens is 268 g/mol. The van der Waals surface area contributed by atoms with Gasteiger partial charge in [0, 0.05) is 19.1 Å². The number of ether oxygens (including phenoxy) is 1. The van der Waals surface area contributed by atoms with Crippen molar-refractivity contribution in [3.8, 4) is 0 Å². The van der Waals surface area contributed by atoms with Gasteiger partial charge in [0.05, 0.1) is 21.3 Å². The summed E-state index contributed by atoms with van der Waals surface area (Å²) in [6.07, 6.45) is 2.27. The van der Waals surface area contributed by atoms with Crippen molar-refractivity contribution in [1.29, 1.82) is 0 Å². The second kappa shape index (κ2) is 7.72. The van der Waals surface area contributed by atoms with Gasteiger partial charge < -0.3 is 10.1 Å². The van der Waals surface area contributed by atoms with E-state index in [0.29, 0.717) is 6.04 Å². The van der Waals surface area contributed by atoms with E-state index in [1.165, 1.54) is 9.71 Å². The summed E-state index contributed by atoms with van der Waals surface area (Å²) in [5, 5.41) is 4.77. The highest BCUT2D eigenvalue weighted by Gasteiger charge is 2.19. The van der Waals surface area contributed by atoms with Crippen LogP contribution in [0.2, 0.25) is 0 Å². The van der Waals surface area contributed by atoms with E-state index in [2.05, 4.69) is 37.4 Å². The highest BCUT2D eigenvalue weighted by Crippen LogP contribution is 2.23. The van der Waals surface area contributed by atoms with Gasteiger partial charge in [-0.25, -0.2) is 4.98 Å². The molecule has 3 nitrogen and oxygen atoms in total. The minimum Gasteiger partial charge on any atom is -0.377 e. The van der Waals surface area contributed by atoms with Crippen LogP contribution in [0.1, 0.15) is 32.2 Å². The van der Waals surface area contributed by atoms with Gasteiger partial charge in [0.15, 0.2) is 0 Å². The maximum absolute atomic E-state index is 5.76. The molecule has 0 bridgehead atoms. The normalized spacial score (nSPS) is 14.6. The molecule has 0 saturated carbocycles. The van der Waals surface area contributed by atoms with Crippen LogP contribution in [-0.4, -0.2) is 30.3 Å². The van der Waals surface area contributed by atoms with Gasteiger partial charge in [-0.15, -0.1) is 11.3 Å². The van der Waals surface area contributed by atoms with Gasteiger partial charge in [0.25, 0.3) is 0 Å². The third kappa shape index (κ3) is 4.01. The zero-order chi connectivity index (χ0) is 14.4. The predicted octanol–water partition coefficient (Wildman–Crippen LogP) is 3.63. The van der Waals surface area contributed by atoms with Crippen molar-refractivity contribution in [3.05, 3.63) is 29.3 Å². The number of benzene rings is 1. The lowest BCUT2D eigenvalue weighted by Gasteiger charge is -2.24. The highest BCUT2D eigenvalue weighted by molar-refractivity contribution is 7.18. The lowest BCUT2D eigenvalue weighted by atomic mass is 10.1. The summed E-state index contributed by atoms with van der Waals surface area (Å²) in [4.78, 5) is 4.73. The number of hydrogen-bond donors (Lipinski definition) is 1. The maximum atomic E-state index is 5.76. The second-order valence-electron chi connectivity index (χ2n) is 5.00. The topological polar surface area (TPSA) is 34.2 Å². The average molecular weight is 292 g/mol. The van der Waals surface area contributed by atoms with Gasteiger partial charge in [0.1, 0.15) is 0 Å². The molecule has 0 aliphatic carbocycles. The molecule has 0 fully saturated rings. The van der Waals surface area contributed by atoms with Crippen molar-refractivity contribution >= 4 is 21.6 Å². The molecule has 110 valence electrons. The number of thiazole rings is 1. The molecule has 0 spiro atoms. The van der Waals surface area contributed by atoms with Crippen LogP contribution in [0.4, 0.5) is 0 Å². The van der Waals surface area contributed by atoms with Gasteiger partial charge >= 0.3 is 0 Å². The number of nitrogens with zero attached hydrogens (tertiary/aromatic N) is 1. The number of fused-ring (bicyclic) bond motifs is 1. The van der Waals surface area contributed by atoms with E-state index in [1.54, 1.807) is 11.3 Å². The highest BCUT2D eigenvalue weighted by atomic mass is 32.1. The van der Waals surface area contributed by atoms with Crippen LogP contribution in [0.15, 0.2) is 24.3 Å². The van der Waals surface area contributed by atoms with Gasteiger partial charge in [0.2, 0.25) is 0 Å². The van der Waals surface area contributed by atoms with Crippen LogP contribution in [-0.2, 0) is 11.2 Å². The Morgan fingerprint density at radius 3 is 2.80 bits per heavy atom. The molecule has 2 rings (SSSR count). The van der Waals surface area contributed by atoms with E-state index >= 15 is 0 Å². The summed E-state index contributed by atoms with van der Waals surface area (Å²) in [5.74, 6) is 0. The molecule has 0 radical (unpaired) electrons. The SMILES string of the molecule is CCCNC(Cc1nc2ccccc2s1)C(C)OCC. The first-order valence-electron chi connectivity index (χ1n) is 7.44. The maximum Gasteiger partial charge on any atom is 0.0955 e. The summed E-state index contributed by atoms with van der Waals surface area (Å²) in [5.41, 5.74) is 1.10. The third-order valence-electron chi connectivity index (χ3n) is 3.39. The molecule has 2 atom stereocenters. The van der Waals surface area contributed by atoms with Crippen molar-refractivity contribution < 1.29 is 4.74 Å². The summed E-state index contributed by atoms with van der Waals surface area (Å²) in [6.45, 7) is 8.15.